The summed E-state index contributed by atoms with van der Waals surface area (Å²) >= 11 is 0. The molecule has 1 atom stereocenters. The molecule has 0 aliphatic heterocycles. The smallest absolute Gasteiger partial charge is 0.422 e. The predicted octanol–water partition coefficient (Wildman–Crippen LogP) is 2.81. The zero-order valence-corrected chi connectivity index (χ0v) is 13.0. The van der Waals surface area contributed by atoms with Crippen molar-refractivity contribution in [3.8, 4) is 5.75 Å². The minimum atomic E-state index is -4.59. The van der Waals surface area contributed by atoms with E-state index >= 15 is 0 Å². The molecule has 9 heteroatoms. The molecule has 1 aromatic heterocycles. The maximum Gasteiger partial charge on any atom is 0.422 e. The van der Waals surface area contributed by atoms with Gasteiger partial charge in [0.25, 0.3) is 0 Å². The molecular formula is C15H16F3N3O3. The third-order valence-electron chi connectivity index (χ3n) is 3.19. The Morgan fingerprint density at radius 3 is 2.50 bits per heavy atom. The lowest BCUT2D eigenvalue weighted by Crippen LogP contribution is -2.33. The minimum Gasteiger partial charge on any atom is -0.497 e. The van der Waals surface area contributed by atoms with Gasteiger partial charge in [0, 0.05) is 19.4 Å². The molecule has 1 unspecified atom stereocenters. The number of nitrogens with zero attached hydrogens (tertiary/aromatic N) is 2. The van der Waals surface area contributed by atoms with Crippen LogP contribution < -0.4 is 10.1 Å². The maximum atomic E-state index is 12.2. The number of alkyl carbamates (subject to hydrolysis) is 1. The number of aromatic nitrogens is 2. The lowest BCUT2D eigenvalue weighted by atomic mass is 10.1. The number of imidazole rings is 1. The van der Waals surface area contributed by atoms with Gasteiger partial charge in [-0.2, -0.15) is 13.2 Å². The molecule has 2 rings (SSSR count). The Hall–Kier alpha value is -2.71. The van der Waals surface area contributed by atoms with Crippen LogP contribution in [0.5, 0.6) is 5.75 Å². The third kappa shape index (κ3) is 4.64. The molecule has 2 aromatic rings. The van der Waals surface area contributed by atoms with E-state index in [-0.39, 0.29) is 0 Å². The van der Waals surface area contributed by atoms with Crippen LogP contribution in [0.2, 0.25) is 0 Å². The van der Waals surface area contributed by atoms with E-state index in [0.717, 1.165) is 0 Å². The topological polar surface area (TPSA) is 65.4 Å². The minimum absolute atomic E-state index is 0.448. The number of carbonyl (C=O) groups is 1. The summed E-state index contributed by atoms with van der Waals surface area (Å²) in [6, 6.07) is 5.95. The Labute approximate surface area is 136 Å². The first-order chi connectivity index (χ1) is 11.3. The van der Waals surface area contributed by atoms with E-state index in [1.165, 1.54) is 13.3 Å². The lowest BCUT2D eigenvalue weighted by Gasteiger charge is -2.19. The fourth-order valence-corrected chi connectivity index (χ4v) is 2.06. The van der Waals surface area contributed by atoms with Gasteiger partial charge in [-0.3, -0.25) is 0 Å². The Kier molecular flexibility index (Phi) is 5.32. The van der Waals surface area contributed by atoms with Crippen LogP contribution in [0.4, 0.5) is 18.0 Å². The first kappa shape index (κ1) is 17.6. The van der Waals surface area contributed by atoms with Crippen LogP contribution in [-0.4, -0.2) is 35.5 Å². The monoisotopic (exact) mass is 343 g/mol. The van der Waals surface area contributed by atoms with Crippen molar-refractivity contribution in [1.82, 2.24) is 14.9 Å². The quantitative estimate of drug-likeness (QED) is 0.907. The van der Waals surface area contributed by atoms with E-state index in [1.54, 1.807) is 42.1 Å². The molecule has 0 saturated carbocycles. The number of amides is 1. The van der Waals surface area contributed by atoms with Crippen molar-refractivity contribution < 1.29 is 27.4 Å². The Morgan fingerprint density at radius 1 is 1.33 bits per heavy atom. The number of alkyl halides is 3. The van der Waals surface area contributed by atoms with Gasteiger partial charge in [-0.25, -0.2) is 9.78 Å². The molecule has 6 nitrogen and oxygen atoms in total. The highest BCUT2D eigenvalue weighted by molar-refractivity contribution is 5.68. The van der Waals surface area contributed by atoms with Crippen LogP contribution in [0.15, 0.2) is 36.7 Å². The molecule has 0 fully saturated rings. The van der Waals surface area contributed by atoms with Gasteiger partial charge in [0.2, 0.25) is 0 Å². The predicted molar refractivity (Wildman–Crippen MR) is 78.6 cm³/mol. The standard InChI is InChI=1S/C15H16F3N3O3/c1-21-8-7-19-13(21)12(10-3-5-11(23-2)6-4-10)20-14(22)24-9-15(16,17)18/h3-8,12H,9H2,1-2H3,(H,20,22). The van der Waals surface area contributed by atoms with Gasteiger partial charge in [-0.15, -0.1) is 0 Å². The molecule has 24 heavy (non-hydrogen) atoms. The number of carbonyl (C=O) groups excluding carboxylic acids is 1. The molecular weight excluding hydrogens is 327 g/mol. The van der Waals surface area contributed by atoms with Gasteiger partial charge in [0.05, 0.1) is 7.11 Å². The fraction of sp³-hybridized carbons (Fsp3) is 0.333. The lowest BCUT2D eigenvalue weighted by molar-refractivity contribution is -0.160. The molecule has 0 saturated heterocycles. The fourth-order valence-electron chi connectivity index (χ4n) is 2.06. The summed E-state index contributed by atoms with van der Waals surface area (Å²) in [6.45, 7) is -1.66. The second-order valence-electron chi connectivity index (χ2n) is 4.94. The van der Waals surface area contributed by atoms with E-state index in [0.29, 0.717) is 17.1 Å². The first-order valence-electron chi connectivity index (χ1n) is 6.91. The number of nitrogens with one attached hydrogen (secondary N) is 1. The number of hydrogen-bond donors (Lipinski definition) is 1. The summed E-state index contributed by atoms with van der Waals surface area (Å²) in [5, 5.41) is 2.40. The van der Waals surface area contributed by atoms with Gasteiger partial charge in [-0.1, -0.05) is 12.1 Å². The van der Waals surface area contributed by atoms with E-state index in [1.807, 2.05) is 0 Å². The zero-order chi connectivity index (χ0) is 17.7. The van der Waals surface area contributed by atoms with Crippen LogP contribution in [0.3, 0.4) is 0 Å². The van der Waals surface area contributed by atoms with Gasteiger partial charge in [0.15, 0.2) is 6.61 Å². The largest absolute Gasteiger partial charge is 0.497 e. The van der Waals surface area contributed by atoms with Gasteiger partial charge >= 0.3 is 12.3 Å². The average molecular weight is 343 g/mol. The van der Waals surface area contributed by atoms with Crippen LogP contribution >= 0.6 is 0 Å². The van der Waals surface area contributed by atoms with Crippen LogP contribution in [0.25, 0.3) is 0 Å². The van der Waals surface area contributed by atoms with E-state index in [2.05, 4.69) is 15.0 Å². The molecule has 0 bridgehead atoms. The SMILES string of the molecule is COc1ccc(C(NC(=O)OCC(F)(F)F)c2nccn2C)cc1. The summed E-state index contributed by atoms with van der Waals surface area (Å²) in [6.07, 6.45) is -2.59. The Bertz CT molecular complexity index is 683. The van der Waals surface area contributed by atoms with Crippen molar-refractivity contribution in [2.45, 2.75) is 12.2 Å². The van der Waals surface area contributed by atoms with E-state index in [4.69, 9.17) is 4.74 Å². The average Bonchev–Trinajstić information content (AvgIpc) is 2.96. The van der Waals surface area contributed by atoms with Gasteiger partial charge in [0.1, 0.15) is 17.6 Å². The van der Waals surface area contributed by atoms with Crippen molar-refractivity contribution in [3.63, 3.8) is 0 Å². The number of hydrogen-bond acceptors (Lipinski definition) is 4. The van der Waals surface area contributed by atoms with Crippen LogP contribution in [-0.2, 0) is 11.8 Å². The summed E-state index contributed by atoms with van der Waals surface area (Å²) in [4.78, 5) is 15.8. The number of methoxy groups -OCH3 is 1. The Morgan fingerprint density at radius 2 is 2.00 bits per heavy atom. The number of halogens is 3. The van der Waals surface area contributed by atoms with Crippen molar-refractivity contribution >= 4 is 6.09 Å². The van der Waals surface area contributed by atoms with Gasteiger partial charge in [-0.05, 0) is 17.7 Å². The first-order valence-corrected chi connectivity index (χ1v) is 6.91. The number of benzene rings is 1. The maximum absolute atomic E-state index is 12.2. The van der Waals surface area contributed by atoms with E-state index < -0.39 is 24.9 Å². The van der Waals surface area contributed by atoms with Crippen LogP contribution in [0, 0.1) is 0 Å². The number of rotatable bonds is 5. The zero-order valence-electron chi connectivity index (χ0n) is 13.0. The molecule has 0 radical (unpaired) electrons. The third-order valence-corrected chi connectivity index (χ3v) is 3.19. The molecule has 130 valence electrons. The summed E-state index contributed by atoms with van der Waals surface area (Å²) < 4.78 is 47.4. The highest BCUT2D eigenvalue weighted by Crippen LogP contribution is 2.23. The number of ether oxygens (including phenoxy) is 2. The molecule has 0 aliphatic carbocycles. The normalized spacial score (nSPS) is 12.5. The molecule has 0 spiro atoms. The van der Waals surface area contributed by atoms with Gasteiger partial charge < -0.3 is 19.4 Å². The van der Waals surface area contributed by atoms with Crippen molar-refractivity contribution in [3.05, 3.63) is 48.0 Å². The van der Waals surface area contributed by atoms with Crippen molar-refractivity contribution in [2.75, 3.05) is 13.7 Å². The molecule has 1 amide bonds. The van der Waals surface area contributed by atoms with Crippen molar-refractivity contribution in [2.24, 2.45) is 7.05 Å². The summed E-state index contributed by atoms with van der Waals surface area (Å²) in [5.74, 6) is 1.06. The van der Waals surface area contributed by atoms with E-state index in [9.17, 15) is 18.0 Å². The molecule has 1 aromatic carbocycles. The summed E-state index contributed by atoms with van der Waals surface area (Å²) in [7, 11) is 3.22. The molecule has 1 heterocycles. The highest BCUT2D eigenvalue weighted by Gasteiger charge is 2.30. The second kappa shape index (κ2) is 7.24. The highest BCUT2D eigenvalue weighted by atomic mass is 19.4. The second-order valence-corrected chi connectivity index (χ2v) is 4.94. The van der Waals surface area contributed by atoms with Crippen molar-refractivity contribution in [1.29, 1.82) is 0 Å². The Balaban J connectivity index is 2.20. The molecule has 1 N–H and O–H groups in total. The number of aryl methyl sites for hydroxylation is 1. The summed E-state index contributed by atoms with van der Waals surface area (Å²) in [5.41, 5.74) is 0.619. The van der Waals surface area contributed by atoms with Crippen LogP contribution in [0.1, 0.15) is 17.4 Å². The molecule has 0 aliphatic rings.